The number of hydrogen-bond acceptors (Lipinski definition) is 5. The van der Waals surface area contributed by atoms with Crippen LogP contribution in [0.25, 0.3) is 0 Å². The highest BCUT2D eigenvalue weighted by atomic mass is 32.2. The average Bonchev–Trinajstić information content (AvgIpc) is 2.76. The van der Waals surface area contributed by atoms with Crippen LogP contribution in [0.15, 0.2) is 5.16 Å². The molecule has 0 bridgehead atoms. The van der Waals surface area contributed by atoms with Crippen LogP contribution in [0.2, 0.25) is 0 Å². The van der Waals surface area contributed by atoms with Gasteiger partial charge >= 0.3 is 0 Å². The van der Waals surface area contributed by atoms with Gasteiger partial charge in [-0.3, -0.25) is 9.59 Å². The van der Waals surface area contributed by atoms with E-state index in [1.165, 1.54) is 11.8 Å². The lowest BCUT2D eigenvalue weighted by Crippen LogP contribution is -2.42. The predicted octanol–water partition coefficient (Wildman–Crippen LogP) is -0.0605. The molecule has 1 aromatic heterocycles. The molecule has 1 aliphatic rings. The minimum Gasteiger partial charge on any atom is -0.369 e. The zero-order valence-corrected chi connectivity index (χ0v) is 12.5. The number of nitrogens with zero attached hydrogens (tertiary/aromatic N) is 4. The van der Waals surface area contributed by atoms with E-state index in [-0.39, 0.29) is 17.7 Å². The van der Waals surface area contributed by atoms with Gasteiger partial charge in [0.05, 0.1) is 5.75 Å². The number of hydrogen-bond donors (Lipinski definition) is 1. The largest absolute Gasteiger partial charge is 0.369 e. The van der Waals surface area contributed by atoms with Gasteiger partial charge in [0.2, 0.25) is 11.8 Å². The van der Waals surface area contributed by atoms with Crippen LogP contribution in [0.1, 0.15) is 18.7 Å². The van der Waals surface area contributed by atoms with E-state index in [0.29, 0.717) is 31.7 Å². The smallest absolute Gasteiger partial charge is 0.233 e. The molecule has 2 amide bonds. The Bertz CT molecular complexity index is 508. The Morgan fingerprint density at radius 2 is 2.00 bits per heavy atom. The van der Waals surface area contributed by atoms with E-state index in [2.05, 4.69) is 10.2 Å². The predicted molar refractivity (Wildman–Crippen MR) is 75.0 cm³/mol. The first-order valence-corrected chi connectivity index (χ1v) is 7.53. The molecule has 0 aromatic carbocycles. The van der Waals surface area contributed by atoms with Gasteiger partial charge in [-0.25, -0.2) is 0 Å². The molecule has 1 aliphatic heterocycles. The van der Waals surface area contributed by atoms with Crippen LogP contribution in [-0.2, 0) is 16.6 Å². The second-order valence-electron chi connectivity index (χ2n) is 4.93. The third kappa shape index (κ3) is 3.30. The molecule has 20 heavy (non-hydrogen) atoms. The molecule has 2 heterocycles. The van der Waals surface area contributed by atoms with Crippen molar-refractivity contribution in [2.24, 2.45) is 18.7 Å². The number of primary amides is 1. The number of aryl methyl sites for hydroxylation is 1. The number of aromatic nitrogens is 3. The second kappa shape index (κ2) is 6.25. The molecule has 0 atom stereocenters. The third-order valence-electron chi connectivity index (χ3n) is 3.63. The van der Waals surface area contributed by atoms with Gasteiger partial charge in [0.1, 0.15) is 5.82 Å². The summed E-state index contributed by atoms with van der Waals surface area (Å²) >= 11 is 1.38. The fraction of sp³-hybridized carbons (Fsp3) is 0.667. The van der Waals surface area contributed by atoms with Crippen molar-refractivity contribution < 1.29 is 9.59 Å². The Kier molecular flexibility index (Phi) is 4.64. The minimum absolute atomic E-state index is 0.0681. The maximum Gasteiger partial charge on any atom is 0.233 e. The summed E-state index contributed by atoms with van der Waals surface area (Å²) < 4.78 is 1.86. The number of nitrogens with two attached hydrogens (primary N) is 1. The fourth-order valence-electron chi connectivity index (χ4n) is 2.14. The molecular formula is C12H19N5O2S. The Hall–Kier alpha value is -1.57. The zero-order chi connectivity index (χ0) is 14.7. The lowest BCUT2D eigenvalue weighted by molar-refractivity contribution is -0.132. The van der Waals surface area contributed by atoms with Gasteiger partial charge in [-0.15, -0.1) is 10.2 Å². The molecular weight excluding hydrogens is 278 g/mol. The van der Waals surface area contributed by atoms with E-state index in [9.17, 15) is 9.59 Å². The van der Waals surface area contributed by atoms with E-state index in [1.54, 1.807) is 4.90 Å². The number of carbonyl (C=O) groups excluding carboxylic acids is 2. The van der Waals surface area contributed by atoms with Crippen molar-refractivity contribution >= 4 is 23.6 Å². The van der Waals surface area contributed by atoms with Crippen molar-refractivity contribution in [1.29, 1.82) is 0 Å². The zero-order valence-electron chi connectivity index (χ0n) is 11.7. The Labute approximate surface area is 121 Å². The molecule has 1 saturated heterocycles. The van der Waals surface area contributed by atoms with Crippen molar-refractivity contribution in [3.05, 3.63) is 5.82 Å². The molecule has 0 spiro atoms. The van der Waals surface area contributed by atoms with E-state index in [1.807, 2.05) is 18.5 Å². The molecule has 0 saturated carbocycles. The van der Waals surface area contributed by atoms with Gasteiger partial charge in [-0.05, 0) is 19.8 Å². The number of rotatable bonds is 4. The number of piperidine rings is 1. The average molecular weight is 297 g/mol. The molecule has 110 valence electrons. The van der Waals surface area contributed by atoms with Gasteiger partial charge < -0.3 is 15.2 Å². The van der Waals surface area contributed by atoms with E-state index in [0.717, 1.165) is 11.0 Å². The SMILES string of the molecule is Cc1nnc(SCC(=O)N2CCC(C(N)=O)CC2)n1C. The van der Waals surface area contributed by atoms with E-state index in [4.69, 9.17) is 5.73 Å². The van der Waals surface area contributed by atoms with Crippen LogP contribution >= 0.6 is 11.8 Å². The van der Waals surface area contributed by atoms with Crippen LogP contribution in [0.5, 0.6) is 0 Å². The summed E-state index contributed by atoms with van der Waals surface area (Å²) in [4.78, 5) is 25.0. The van der Waals surface area contributed by atoms with Crippen molar-refractivity contribution in [1.82, 2.24) is 19.7 Å². The summed E-state index contributed by atoms with van der Waals surface area (Å²) in [6.07, 6.45) is 1.32. The quantitative estimate of drug-likeness (QED) is 0.786. The lowest BCUT2D eigenvalue weighted by atomic mass is 9.96. The van der Waals surface area contributed by atoms with Crippen molar-refractivity contribution in [3.63, 3.8) is 0 Å². The van der Waals surface area contributed by atoms with E-state index >= 15 is 0 Å². The monoisotopic (exact) mass is 297 g/mol. The van der Waals surface area contributed by atoms with E-state index < -0.39 is 0 Å². The minimum atomic E-state index is -0.263. The molecule has 0 aliphatic carbocycles. The van der Waals surface area contributed by atoms with Gasteiger partial charge in [-0.1, -0.05) is 11.8 Å². The van der Waals surface area contributed by atoms with Crippen LogP contribution < -0.4 is 5.73 Å². The Morgan fingerprint density at radius 1 is 1.35 bits per heavy atom. The van der Waals surface area contributed by atoms with Crippen LogP contribution in [-0.4, -0.2) is 50.3 Å². The fourth-order valence-corrected chi connectivity index (χ4v) is 3.00. The summed E-state index contributed by atoms with van der Waals surface area (Å²) in [7, 11) is 1.88. The van der Waals surface area contributed by atoms with Gasteiger partial charge in [-0.2, -0.15) is 0 Å². The van der Waals surface area contributed by atoms with Crippen molar-refractivity contribution in [2.45, 2.75) is 24.9 Å². The lowest BCUT2D eigenvalue weighted by Gasteiger charge is -2.30. The maximum absolute atomic E-state index is 12.1. The first-order valence-electron chi connectivity index (χ1n) is 6.55. The van der Waals surface area contributed by atoms with Gasteiger partial charge in [0.25, 0.3) is 0 Å². The molecule has 8 heteroatoms. The summed E-state index contributed by atoms with van der Waals surface area (Å²) in [5.74, 6) is 0.877. The third-order valence-corrected chi connectivity index (χ3v) is 4.63. The second-order valence-corrected chi connectivity index (χ2v) is 5.88. The summed E-state index contributed by atoms with van der Waals surface area (Å²) in [6, 6.07) is 0. The Balaban J connectivity index is 1.81. The normalized spacial score (nSPS) is 16.4. The first-order chi connectivity index (χ1) is 9.49. The number of likely N-dealkylation sites (tertiary alicyclic amines) is 1. The van der Waals surface area contributed by atoms with Gasteiger partial charge in [0.15, 0.2) is 5.16 Å². The van der Waals surface area contributed by atoms with Crippen LogP contribution in [0.4, 0.5) is 0 Å². The maximum atomic E-state index is 12.1. The number of carbonyl (C=O) groups is 2. The van der Waals surface area contributed by atoms with Crippen LogP contribution in [0.3, 0.4) is 0 Å². The molecule has 2 rings (SSSR count). The molecule has 0 unspecified atom stereocenters. The molecule has 2 N–H and O–H groups in total. The Morgan fingerprint density at radius 3 is 2.50 bits per heavy atom. The highest BCUT2D eigenvalue weighted by Gasteiger charge is 2.25. The van der Waals surface area contributed by atoms with Crippen molar-refractivity contribution in [3.8, 4) is 0 Å². The number of thioether (sulfide) groups is 1. The molecule has 1 fully saturated rings. The molecule has 7 nitrogen and oxygen atoms in total. The topological polar surface area (TPSA) is 94.1 Å². The molecule has 0 radical (unpaired) electrons. The highest BCUT2D eigenvalue weighted by Crippen LogP contribution is 2.20. The first kappa shape index (κ1) is 14.8. The summed E-state index contributed by atoms with van der Waals surface area (Å²) in [5.41, 5.74) is 5.28. The highest BCUT2D eigenvalue weighted by molar-refractivity contribution is 7.99. The number of amides is 2. The summed E-state index contributed by atoms with van der Waals surface area (Å²) in [5, 5.41) is 8.70. The summed E-state index contributed by atoms with van der Waals surface area (Å²) in [6.45, 7) is 3.07. The molecule has 1 aromatic rings. The van der Waals surface area contributed by atoms with Crippen LogP contribution in [0, 0.1) is 12.8 Å². The van der Waals surface area contributed by atoms with Gasteiger partial charge in [0, 0.05) is 26.1 Å². The standard InChI is InChI=1S/C12H19N5O2S/c1-8-14-15-12(16(8)2)20-7-10(18)17-5-3-9(4-6-17)11(13)19/h9H,3-7H2,1-2H3,(H2,13,19). The van der Waals surface area contributed by atoms with Crippen molar-refractivity contribution in [2.75, 3.05) is 18.8 Å².